The monoisotopic (exact) mass is 326 g/mol. The Kier molecular flexibility index (Phi) is 4.46. The van der Waals surface area contributed by atoms with Gasteiger partial charge in [0.15, 0.2) is 0 Å². The van der Waals surface area contributed by atoms with Crippen molar-refractivity contribution in [3.63, 3.8) is 0 Å². The quantitative estimate of drug-likeness (QED) is 0.653. The summed E-state index contributed by atoms with van der Waals surface area (Å²) in [6, 6.07) is 15.8. The van der Waals surface area contributed by atoms with Gasteiger partial charge < -0.3 is 10.1 Å². The first kappa shape index (κ1) is 16.0. The Balaban J connectivity index is 1.89. The van der Waals surface area contributed by atoms with Crippen LogP contribution in [0.1, 0.15) is 23.6 Å². The lowest BCUT2D eigenvalue weighted by molar-refractivity contribution is -0.497. The highest BCUT2D eigenvalue weighted by Gasteiger charge is 2.53. The fourth-order valence-electron chi connectivity index (χ4n) is 2.84. The van der Waals surface area contributed by atoms with E-state index in [9.17, 15) is 14.9 Å². The predicted molar refractivity (Wildman–Crippen MR) is 88.3 cm³/mol. The van der Waals surface area contributed by atoms with Gasteiger partial charge in [0.25, 0.3) is 0 Å². The zero-order chi connectivity index (χ0) is 17.1. The summed E-state index contributed by atoms with van der Waals surface area (Å²) in [5.41, 5.74) is 1.71. The van der Waals surface area contributed by atoms with E-state index < -0.39 is 18.0 Å². The second-order valence-electron chi connectivity index (χ2n) is 5.79. The lowest BCUT2D eigenvalue weighted by Crippen LogP contribution is -2.32. The van der Waals surface area contributed by atoms with Crippen LogP contribution in [0, 0.1) is 16.0 Å². The SMILES string of the molecule is COc1ccccc1[C@H](NC(=O)[C@H]1C[C@H]1[N+](=O)[O-])c1ccccc1. The molecule has 1 saturated carbocycles. The molecule has 1 N–H and O–H groups in total. The number of ether oxygens (including phenoxy) is 1. The highest BCUT2D eigenvalue weighted by molar-refractivity contribution is 5.83. The van der Waals surface area contributed by atoms with Crippen molar-refractivity contribution in [3.8, 4) is 5.75 Å². The summed E-state index contributed by atoms with van der Waals surface area (Å²) >= 11 is 0. The average molecular weight is 326 g/mol. The molecular formula is C18H18N2O4. The predicted octanol–water partition coefficient (Wildman–Crippen LogP) is 2.57. The van der Waals surface area contributed by atoms with Crippen LogP contribution >= 0.6 is 0 Å². The van der Waals surface area contributed by atoms with Crippen molar-refractivity contribution in [1.29, 1.82) is 0 Å². The van der Waals surface area contributed by atoms with Crippen molar-refractivity contribution in [2.45, 2.75) is 18.5 Å². The summed E-state index contributed by atoms with van der Waals surface area (Å²) in [7, 11) is 1.58. The van der Waals surface area contributed by atoms with E-state index in [4.69, 9.17) is 4.74 Å². The van der Waals surface area contributed by atoms with E-state index in [0.29, 0.717) is 12.2 Å². The Bertz CT molecular complexity index is 748. The zero-order valence-corrected chi connectivity index (χ0v) is 13.2. The number of nitrogens with zero attached hydrogens (tertiary/aromatic N) is 1. The fourth-order valence-corrected chi connectivity index (χ4v) is 2.84. The minimum Gasteiger partial charge on any atom is -0.496 e. The van der Waals surface area contributed by atoms with Gasteiger partial charge >= 0.3 is 0 Å². The van der Waals surface area contributed by atoms with Crippen LogP contribution in [-0.2, 0) is 4.79 Å². The van der Waals surface area contributed by atoms with Gasteiger partial charge in [0.2, 0.25) is 11.9 Å². The molecule has 1 aliphatic carbocycles. The topological polar surface area (TPSA) is 81.5 Å². The van der Waals surface area contributed by atoms with Gasteiger partial charge in [0.05, 0.1) is 13.2 Å². The van der Waals surface area contributed by atoms with Crippen molar-refractivity contribution in [3.05, 3.63) is 75.8 Å². The van der Waals surface area contributed by atoms with Gasteiger partial charge in [-0.2, -0.15) is 0 Å². The van der Waals surface area contributed by atoms with Gasteiger partial charge in [0.1, 0.15) is 11.7 Å². The molecule has 0 bridgehead atoms. The molecule has 0 saturated heterocycles. The number of methoxy groups -OCH3 is 1. The highest BCUT2D eigenvalue weighted by Crippen LogP contribution is 2.35. The summed E-state index contributed by atoms with van der Waals surface area (Å²) in [6.07, 6.45) is 0.298. The van der Waals surface area contributed by atoms with Gasteiger partial charge in [-0.05, 0) is 11.6 Å². The van der Waals surface area contributed by atoms with E-state index in [1.807, 2.05) is 54.6 Å². The second-order valence-corrected chi connectivity index (χ2v) is 5.79. The fraction of sp³-hybridized carbons (Fsp3) is 0.278. The average Bonchev–Trinajstić information content (AvgIpc) is 3.41. The number of hydrogen-bond donors (Lipinski definition) is 1. The Morgan fingerprint density at radius 1 is 1.21 bits per heavy atom. The van der Waals surface area contributed by atoms with Crippen LogP contribution < -0.4 is 10.1 Å². The Morgan fingerprint density at radius 2 is 1.88 bits per heavy atom. The number of carbonyl (C=O) groups excluding carboxylic acids is 1. The van der Waals surface area contributed by atoms with Crippen molar-refractivity contribution >= 4 is 5.91 Å². The molecule has 6 heteroatoms. The Labute approximate surface area is 139 Å². The number of para-hydroxylation sites is 1. The van der Waals surface area contributed by atoms with E-state index in [1.165, 1.54) is 0 Å². The number of amides is 1. The first-order valence-electron chi connectivity index (χ1n) is 7.73. The van der Waals surface area contributed by atoms with E-state index >= 15 is 0 Å². The molecule has 0 radical (unpaired) electrons. The number of carbonyl (C=O) groups is 1. The summed E-state index contributed by atoms with van der Waals surface area (Å²) < 4.78 is 5.41. The third-order valence-corrected chi connectivity index (χ3v) is 4.23. The van der Waals surface area contributed by atoms with Crippen molar-refractivity contribution < 1.29 is 14.5 Å². The molecule has 1 fully saturated rings. The van der Waals surface area contributed by atoms with E-state index in [1.54, 1.807) is 7.11 Å². The van der Waals surface area contributed by atoms with Crippen LogP contribution in [0.2, 0.25) is 0 Å². The molecule has 0 aromatic heterocycles. The molecule has 3 atom stereocenters. The molecule has 24 heavy (non-hydrogen) atoms. The van der Waals surface area contributed by atoms with Crippen molar-refractivity contribution in [1.82, 2.24) is 5.32 Å². The van der Waals surface area contributed by atoms with Crippen molar-refractivity contribution in [2.24, 2.45) is 5.92 Å². The molecule has 1 aliphatic rings. The van der Waals surface area contributed by atoms with Gasteiger partial charge in [-0.1, -0.05) is 48.5 Å². The van der Waals surface area contributed by atoms with Crippen molar-refractivity contribution in [2.75, 3.05) is 7.11 Å². The first-order chi connectivity index (χ1) is 11.6. The van der Waals surface area contributed by atoms with Gasteiger partial charge in [-0.25, -0.2) is 0 Å². The van der Waals surface area contributed by atoms with Gasteiger partial charge in [-0.3, -0.25) is 14.9 Å². The maximum Gasteiger partial charge on any atom is 0.231 e. The minimum absolute atomic E-state index is 0.295. The summed E-state index contributed by atoms with van der Waals surface area (Å²) in [5.74, 6) is -0.189. The normalized spacial score (nSPS) is 20.0. The van der Waals surface area contributed by atoms with Crippen LogP contribution in [0.4, 0.5) is 0 Å². The first-order valence-corrected chi connectivity index (χ1v) is 7.73. The maximum atomic E-state index is 12.4. The zero-order valence-electron chi connectivity index (χ0n) is 13.2. The second kappa shape index (κ2) is 6.70. The summed E-state index contributed by atoms with van der Waals surface area (Å²) in [6.45, 7) is 0. The molecule has 0 aliphatic heterocycles. The molecular weight excluding hydrogens is 308 g/mol. The maximum absolute atomic E-state index is 12.4. The highest BCUT2D eigenvalue weighted by atomic mass is 16.6. The molecule has 0 unspecified atom stereocenters. The van der Waals surface area contributed by atoms with E-state index in [2.05, 4.69) is 5.32 Å². The summed E-state index contributed by atoms with van der Waals surface area (Å²) in [4.78, 5) is 22.8. The number of hydrogen-bond acceptors (Lipinski definition) is 4. The number of rotatable bonds is 6. The molecule has 0 spiro atoms. The molecule has 2 aromatic rings. The van der Waals surface area contributed by atoms with E-state index in [0.717, 1.165) is 11.1 Å². The summed E-state index contributed by atoms with van der Waals surface area (Å²) in [5, 5.41) is 13.8. The molecule has 2 aromatic carbocycles. The van der Waals surface area contributed by atoms with Gasteiger partial charge in [0, 0.05) is 16.9 Å². The molecule has 3 rings (SSSR count). The lowest BCUT2D eigenvalue weighted by atomic mass is 9.97. The van der Waals surface area contributed by atoms with Crippen LogP contribution in [-0.4, -0.2) is 24.0 Å². The van der Waals surface area contributed by atoms with Crippen LogP contribution in [0.5, 0.6) is 5.75 Å². The number of benzene rings is 2. The number of nitro groups is 1. The van der Waals surface area contributed by atoms with Crippen LogP contribution in [0.3, 0.4) is 0 Å². The standard InChI is InChI=1S/C18H18N2O4/c1-24-16-10-6-5-9-13(16)17(12-7-3-2-4-8-12)19-18(21)14-11-15(14)20(22)23/h2-10,14-15,17H,11H2,1H3,(H,19,21)/t14-,15+,17+/m0/s1. The van der Waals surface area contributed by atoms with Crippen LogP contribution in [0.15, 0.2) is 54.6 Å². The third-order valence-electron chi connectivity index (χ3n) is 4.23. The van der Waals surface area contributed by atoms with E-state index in [-0.39, 0.29) is 10.8 Å². The minimum atomic E-state index is -0.765. The molecule has 0 heterocycles. The van der Waals surface area contributed by atoms with Crippen LogP contribution in [0.25, 0.3) is 0 Å². The largest absolute Gasteiger partial charge is 0.496 e. The third kappa shape index (κ3) is 3.22. The molecule has 124 valence electrons. The van der Waals surface area contributed by atoms with Gasteiger partial charge in [-0.15, -0.1) is 0 Å². The Morgan fingerprint density at radius 3 is 2.50 bits per heavy atom. The Hall–Kier alpha value is -2.89. The molecule has 1 amide bonds. The lowest BCUT2D eigenvalue weighted by Gasteiger charge is -2.21. The molecule has 6 nitrogen and oxygen atoms in total. The number of nitrogens with one attached hydrogen (secondary N) is 1. The smallest absolute Gasteiger partial charge is 0.231 e.